The predicted molar refractivity (Wildman–Crippen MR) is 100 cm³/mol. The highest BCUT2D eigenvalue weighted by Gasteiger charge is 2.20. The molecule has 0 aliphatic rings. The van der Waals surface area contributed by atoms with Crippen LogP contribution in [0.4, 0.5) is 0 Å². The molecule has 6 nitrogen and oxygen atoms in total. The van der Waals surface area contributed by atoms with Crippen molar-refractivity contribution < 1.29 is 23.8 Å². The van der Waals surface area contributed by atoms with Crippen molar-refractivity contribution in [3.05, 3.63) is 52.2 Å². The zero-order valence-electron chi connectivity index (χ0n) is 14.9. The topological polar surface area (TPSA) is 73.9 Å². The zero-order valence-corrected chi connectivity index (χ0v) is 15.7. The van der Waals surface area contributed by atoms with Gasteiger partial charge in [0.1, 0.15) is 0 Å². The van der Waals surface area contributed by atoms with Crippen molar-refractivity contribution in [2.45, 2.75) is 12.5 Å². The molecule has 1 unspecified atom stereocenters. The first kappa shape index (κ1) is 19.5. The standard InChI is InChI=1S/C19H21NO5S/c1-23-16-6-5-14(10-17(16)24-2)15(11-19(22)25-3)20-18(21)7-4-13-8-9-26-12-13/h4-10,12,15H,11H2,1-3H3,(H,20,21)/b7-4+. The molecule has 0 saturated carbocycles. The van der Waals surface area contributed by atoms with E-state index in [1.54, 1.807) is 42.7 Å². The normalized spacial score (nSPS) is 11.8. The number of carbonyl (C=O) groups is 2. The number of esters is 1. The van der Waals surface area contributed by atoms with Gasteiger partial charge in [-0.15, -0.1) is 0 Å². The first-order valence-corrected chi connectivity index (χ1v) is 8.81. The van der Waals surface area contributed by atoms with Gasteiger partial charge < -0.3 is 19.5 Å². The summed E-state index contributed by atoms with van der Waals surface area (Å²) in [5.41, 5.74) is 1.66. The Kier molecular flexibility index (Phi) is 7.23. The molecular weight excluding hydrogens is 354 g/mol. The molecule has 0 spiro atoms. The Balaban J connectivity index is 2.20. The summed E-state index contributed by atoms with van der Waals surface area (Å²) in [5.74, 6) is 0.353. The van der Waals surface area contributed by atoms with Crippen LogP contribution in [0.2, 0.25) is 0 Å². The molecule has 0 fully saturated rings. The number of methoxy groups -OCH3 is 3. The number of nitrogens with one attached hydrogen (secondary N) is 1. The van der Waals surface area contributed by atoms with Gasteiger partial charge in [0.2, 0.25) is 5.91 Å². The summed E-state index contributed by atoms with van der Waals surface area (Å²) in [6.45, 7) is 0. The maximum Gasteiger partial charge on any atom is 0.307 e. The van der Waals surface area contributed by atoms with Gasteiger partial charge in [-0.2, -0.15) is 11.3 Å². The number of rotatable bonds is 8. The van der Waals surface area contributed by atoms with Crippen molar-refractivity contribution in [3.63, 3.8) is 0 Å². The first-order chi connectivity index (χ1) is 12.6. The van der Waals surface area contributed by atoms with E-state index in [1.807, 2.05) is 16.8 Å². The van der Waals surface area contributed by atoms with E-state index in [0.29, 0.717) is 17.1 Å². The lowest BCUT2D eigenvalue weighted by Crippen LogP contribution is -2.29. The van der Waals surface area contributed by atoms with Gasteiger partial charge in [-0.05, 0) is 46.2 Å². The van der Waals surface area contributed by atoms with Crippen LogP contribution in [-0.2, 0) is 14.3 Å². The van der Waals surface area contributed by atoms with Gasteiger partial charge >= 0.3 is 5.97 Å². The zero-order chi connectivity index (χ0) is 18.9. The van der Waals surface area contributed by atoms with Crippen LogP contribution in [0.25, 0.3) is 6.08 Å². The van der Waals surface area contributed by atoms with Gasteiger partial charge in [0.05, 0.1) is 33.8 Å². The van der Waals surface area contributed by atoms with E-state index in [1.165, 1.54) is 20.3 Å². The van der Waals surface area contributed by atoms with E-state index >= 15 is 0 Å². The molecule has 1 N–H and O–H groups in total. The van der Waals surface area contributed by atoms with E-state index in [4.69, 9.17) is 14.2 Å². The fourth-order valence-electron chi connectivity index (χ4n) is 2.33. The van der Waals surface area contributed by atoms with E-state index < -0.39 is 12.0 Å². The van der Waals surface area contributed by atoms with Gasteiger partial charge in [0.15, 0.2) is 11.5 Å². The fraction of sp³-hybridized carbons (Fsp3) is 0.263. The summed E-state index contributed by atoms with van der Waals surface area (Å²) in [4.78, 5) is 24.0. The van der Waals surface area contributed by atoms with Crippen LogP contribution in [0.1, 0.15) is 23.6 Å². The smallest absolute Gasteiger partial charge is 0.307 e. The first-order valence-electron chi connectivity index (χ1n) is 7.87. The summed E-state index contributed by atoms with van der Waals surface area (Å²) in [6.07, 6.45) is 3.16. The summed E-state index contributed by atoms with van der Waals surface area (Å²) in [5, 5.41) is 6.70. The van der Waals surface area contributed by atoms with E-state index in [-0.39, 0.29) is 12.3 Å². The summed E-state index contributed by atoms with van der Waals surface area (Å²) >= 11 is 1.55. The Labute approximate surface area is 156 Å². The maximum absolute atomic E-state index is 12.3. The fourth-order valence-corrected chi connectivity index (χ4v) is 2.96. The molecule has 26 heavy (non-hydrogen) atoms. The average molecular weight is 375 g/mol. The van der Waals surface area contributed by atoms with Crippen LogP contribution in [0.15, 0.2) is 41.1 Å². The van der Waals surface area contributed by atoms with Gasteiger partial charge in [-0.3, -0.25) is 9.59 Å². The number of carbonyl (C=O) groups excluding carboxylic acids is 2. The summed E-state index contributed by atoms with van der Waals surface area (Å²) < 4.78 is 15.3. The number of thiophene rings is 1. The lowest BCUT2D eigenvalue weighted by atomic mass is 10.0. The van der Waals surface area contributed by atoms with Gasteiger partial charge in [0, 0.05) is 6.08 Å². The molecule has 1 atom stereocenters. The molecule has 1 amide bonds. The summed E-state index contributed by atoms with van der Waals surface area (Å²) in [6, 6.07) is 6.59. The molecule has 2 rings (SSSR count). The van der Waals surface area contributed by atoms with Crippen LogP contribution >= 0.6 is 11.3 Å². The molecule has 1 aromatic heterocycles. The maximum atomic E-state index is 12.3. The molecule has 138 valence electrons. The Hall–Kier alpha value is -2.80. The minimum atomic E-state index is -0.554. The van der Waals surface area contributed by atoms with Crippen LogP contribution in [-0.4, -0.2) is 33.2 Å². The third-order valence-electron chi connectivity index (χ3n) is 3.70. The van der Waals surface area contributed by atoms with Crippen LogP contribution in [0.5, 0.6) is 11.5 Å². The molecule has 0 bridgehead atoms. The van der Waals surface area contributed by atoms with Crippen molar-refractivity contribution in [1.82, 2.24) is 5.32 Å². The van der Waals surface area contributed by atoms with Gasteiger partial charge in [-0.25, -0.2) is 0 Å². The Bertz CT molecular complexity index is 770. The lowest BCUT2D eigenvalue weighted by Gasteiger charge is -2.19. The monoisotopic (exact) mass is 375 g/mol. The van der Waals surface area contributed by atoms with Gasteiger partial charge in [-0.1, -0.05) is 6.07 Å². The second-order valence-corrected chi connectivity index (χ2v) is 6.13. The molecule has 7 heteroatoms. The molecule has 0 aliphatic heterocycles. The number of amides is 1. The summed E-state index contributed by atoms with van der Waals surface area (Å²) in [7, 11) is 4.38. The van der Waals surface area contributed by atoms with E-state index in [2.05, 4.69) is 5.32 Å². The Morgan fingerprint density at radius 2 is 1.92 bits per heavy atom. The third-order valence-corrected chi connectivity index (χ3v) is 4.40. The lowest BCUT2D eigenvalue weighted by molar-refractivity contribution is -0.141. The molecule has 0 saturated heterocycles. The third kappa shape index (κ3) is 5.35. The number of ether oxygens (including phenoxy) is 3. The predicted octanol–water partition coefficient (Wildman–Crippen LogP) is 3.20. The molecule has 2 aromatic rings. The Morgan fingerprint density at radius 1 is 1.15 bits per heavy atom. The minimum absolute atomic E-state index is 0.00398. The number of hydrogen-bond donors (Lipinski definition) is 1. The highest BCUT2D eigenvalue weighted by Crippen LogP contribution is 2.31. The largest absolute Gasteiger partial charge is 0.493 e. The van der Waals surface area contributed by atoms with Crippen molar-refractivity contribution in [1.29, 1.82) is 0 Å². The highest BCUT2D eigenvalue weighted by molar-refractivity contribution is 7.08. The Morgan fingerprint density at radius 3 is 2.54 bits per heavy atom. The molecule has 0 radical (unpaired) electrons. The minimum Gasteiger partial charge on any atom is -0.493 e. The van der Waals surface area contributed by atoms with Crippen LogP contribution in [0.3, 0.4) is 0 Å². The number of benzene rings is 1. The van der Waals surface area contributed by atoms with Gasteiger partial charge in [0.25, 0.3) is 0 Å². The second kappa shape index (κ2) is 9.62. The van der Waals surface area contributed by atoms with Crippen LogP contribution < -0.4 is 14.8 Å². The highest BCUT2D eigenvalue weighted by atomic mass is 32.1. The SMILES string of the molecule is COC(=O)CC(NC(=O)/C=C/c1ccsc1)c1ccc(OC)c(OC)c1. The van der Waals surface area contributed by atoms with Crippen molar-refractivity contribution in [2.75, 3.05) is 21.3 Å². The molecule has 0 aliphatic carbocycles. The van der Waals surface area contributed by atoms with Crippen molar-refractivity contribution in [2.24, 2.45) is 0 Å². The van der Waals surface area contributed by atoms with E-state index in [9.17, 15) is 9.59 Å². The van der Waals surface area contributed by atoms with Crippen LogP contribution in [0, 0.1) is 0 Å². The number of hydrogen-bond acceptors (Lipinski definition) is 6. The van der Waals surface area contributed by atoms with E-state index in [0.717, 1.165) is 5.56 Å². The molecular formula is C19H21NO5S. The molecule has 1 heterocycles. The second-order valence-electron chi connectivity index (χ2n) is 5.35. The quantitative estimate of drug-likeness (QED) is 0.567. The van der Waals surface area contributed by atoms with Crippen molar-refractivity contribution >= 4 is 29.3 Å². The molecule has 1 aromatic carbocycles. The average Bonchev–Trinajstić information content (AvgIpc) is 3.18. The van der Waals surface area contributed by atoms with Crippen molar-refractivity contribution in [3.8, 4) is 11.5 Å².